The van der Waals surface area contributed by atoms with Crippen LogP contribution in [0.15, 0.2) is 5.11 Å². The number of carbonyl (C=O) groups excluding carboxylic acids is 1. The summed E-state index contributed by atoms with van der Waals surface area (Å²) in [7, 11) is 0. The van der Waals surface area contributed by atoms with Crippen LogP contribution >= 0.6 is 0 Å². The van der Waals surface area contributed by atoms with E-state index in [2.05, 4.69) is 10.0 Å². The van der Waals surface area contributed by atoms with E-state index in [0.29, 0.717) is 19.3 Å². The van der Waals surface area contributed by atoms with Crippen molar-refractivity contribution < 1.29 is 14.6 Å². The Morgan fingerprint density at radius 2 is 2.36 bits per heavy atom. The molecule has 0 spiro atoms. The summed E-state index contributed by atoms with van der Waals surface area (Å²) in [6.45, 7) is 1.34. The highest BCUT2D eigenvalue weighted by Gasteiger charge is 2.29. The van der Waals surface area contributed by atoms with Gasteiger partial charge in [-0.1, -0.05) is 5.11 Å². The molecule has 3 atom stereocenters. The molecule has 0 aromatic rings. The van der Waals surface area contributed by atoms with Crippen LogP contribution in [0.2, 0.25) is 0 Å². The largest absolute Gasteiger partial charge is 0.463 e. The number of aliphatic hydroxyl groups is 1. The lowest BCUT2D eigenvalue weighted by Gasteiger charge is -2.29. The molecule has 0 radical (unpaired) electrons. The van der Waals surface area contributed by atoms with Crippen LogP contribution in [0.4, 0.5) is 0 Å². The molecule has 1 unspecified atom stereocenters. The summed E-state index contributed by atoms with van der Waals surface area (Å²) in [5, 5.41) is 12.9. The lowest BCUT2D eigenvalue weighted by Crippen LogP contribution is -2.36. The van der Waals surface area contributed by atoms with Gasteiger partial charge in [0.05, 0.1) is 12.1 Å². The molecule has 0 aromatic heterocycles. The first-order valence-corrected chi connectivity index (χ1v) is 4.53. The second-order valence-corrected chi connectivity index (χ2v) is 3.38. The third kappa shape index (κ3) is 2.90. The minimum atomic E-state index is -0.613. The minimum Gasteiger partial charge on any atom is -0.463 e. The van der Waals surface area contributed by atoms with Crippen LogP contribution in [0.5, 0.6) is 0 Å². The van der Waals surface area contributed by atoms with Crippen molar-refractivity contribution in [2.45, 2.75) is 44.4 Å². The van der Waals surface area contributed by atoms with E-state index in [-0.39, 0.29) is 12.1 Å². The van der Waals surface area contributed by atoms with Crippen molar-refractivity contribution in [1.29, 1.82) is 0 Å². The first kappa shape index (κ1) is 10.8. The van der Waals surface area contributed by atoms with Gasteiger partial charge in [0.2, 0.25) is 0 Å². The van der Waals surface area contributed by atoms with Crippen LogP contribution in [0.25, 0.3) is 10.4 Å². The fourth-order valence-corrected chi connectivity index (χ4v) is 1.63. The summed E-state index contributed by atoms with van der Waals surface area (Å²) in [6.07, 6.45) is 0.689. The van der Waals surface area contributed by atoms with Gasteiger partial charge in [0.25, 0.3) is 0 Å². The van der Waals surface area contributed by atoms with Crippen LogP contribution in [-0.2, 0) is 9.53 Å². The molecule has 0 bridgehead atoms. The summed E-state index contributed by atoms with van der Waals surface area (Å²) in [5.41, 5.74) is 8.24. The summed E-state index contributed by atoms with van der Waals surface area (Å²) in [4.78, 5) is 13.3. The molecule has 1 N–H and O–H groups in total. The maximum absolute atomic E-state index is 10.7. The Morgan fingerprint density at radius 1 is 1.64 bits per heavy atom. The molecule has 14 heavy (non-hydrogen) atoms. The number of ether oxygens (including phenoxy) is 1. The summed E-state index contributed by atoms with van der Waals surface area (Å²) >= 11 is 0. The molecule has 1 fully saturated rings. The van der Waals surface area contributed by atoms with Gasteiger partial charge in [-0.3, -0.25) is 4.79 Å². The highest BCUT2D eigenvalue weighted by Crippen LogP contribution is 2.24. The van der Waals surface area contributed by atoms with Gasteiger partial charge < -0.3 is 9.84 Å². The van der Waals surface area contributed by atoms with Gasteiger partial charge in [-0.25, -0.2) is 0 Å². The van der Waals surface area contributed by atoms with Crippen LogP contribution in [0, 0.1) is 0 Å². The number of rotatable bonds is 2. The zero-order chi connectivity index (χ0) is 10.6. The Bertz CT molecular complexity index is 263. The monoisotopic (exact) mass is 199 g/mol. The predicted molar refractivity (Wildman–Crippen MR) is 48.3 cm³/mol. The third-order valence-electron chi connectivity index (χ3n) is 2.27. The second kappa shape index (κ2) is 4.83. The molecule has 0 amide bonds. The first-order valence-electron chi connectivity index (χ1n) is 4.53. The minimum absolute atomic E-state index is 0.230. The standard InChI is InChI=1S/C8H13N3O3/c1-5(12)14-6-2-3-8(13)7(4-6)10-11-9/h6-8,13H,2-4H2,1H3/t6-,7+,8?/m0/s1. The number of esters is 1. The van der Waals surface area contributed by atoms with Crippen molar-refractivity contribution >= 4 is 5.97 Å². The Labute approximate surface area is 81.5 Å². The molecule has 0 aromatic carbocycles. The molecule has 0 aliphatic heterocycles. The Hall–Kier alpha value is -1.26. The van der Waals surface area contributed by atoms with E-state index in [0.717, 1.165) is 0 Å². The molecule has 1 saturated carbocycles. The second-order valence-electron chi connectivity index (χ2n) is 3.38. The predicted octanol–water partition coefficient (Wildman–Crippen LogP) is 1.14. The van der Waals surface area contributed by atoms with Gasteiger partial charge in [-0.2, -0.15) is 0 Å². The van der Waals surface area contributed by atoms with Gasteiger partial charge in [0.1, 0.15) is 6.10 Å². The fraction of sp³-hybridized carbons (Fsp3) is 0.875. The van der Waals surface area contributed by atoms with E-state index in [1.807, 2.05) is 0 Å². The maximum Gasteiger partial charge on any atom is 0.302 e. The van der Waals surface area contributed by atoms with Crippen molar-refractivity contribution in [1.82, 2.24) is 0 Å². The average molecular weight is 199 g/mol. The van der Waals surface area contributed by atoms with Gasteiger partial charge in [0.15, 0.2) is 0 Å². The zero-order valence-electron chi connectivity index (χ0n) is 7.96. The van der Waals surface area contributed by atoms with Crippen LogP contribution in [0.3, 0.4) is 0 Å². The van der Waals surface area contributed by atoms with E-state index in [1.54, 1.807) is 0 Å². The topological polar surface area (TPSA) is 95.3 Å². The molecule has 6 heteroatoms. The van der Waals surface area contributed by atoms with E-state index >= 15 is 0 Å². The third-order valence-corrected chi connectivity index (χ3v) is 2.27. The molecule has 1 rings (SSSR count). The number of nitrogens with zero attached hydrogens (tertiary/aromatic N) is 3. The van der Waals surface area contributed by atoms with E-state index in [4.69, 9.17) is 10.3 Å². The van der Waals surface area contributed by atoms with Crippen LogP contribution in [0.1, 0.15) is 26.2 Å². The van der Waals surface area contributed by atoms with E-state index in [1.165, 1.54) is 6.92 Å². The summed E-state index contributed by atoms with van der Waals surface area (Å²) in [6, 6.07) is -0.474. The van der Waals surface area contributed by atoms with Gasteiger partial charge in [-0.15, -0.1) is 0 Å². The van der Waals surface area contributed by atoms with Crippen molar-refractivity contribution in [3.63, 3.8) is 0 Å². The highest BCUT2D eigenvalue weighted by atomic mass is 16.5. The number of azide groups is 1. The SMILES string of the molecule is CC(=O)O[C@H]1CCC(O)[C@H](N=[N+]=[N-])C1. The fourth-order valence-electron chi connectivity index (χ4n) is 1.63. The number of carbonyl (C=O) groups is 1. The summed E-state index contributed by atoms with van der Waals surface area (Å²) in [5.74, 6) is -0.342. The van der Waals surface area contributed by atoms with Gasteiger partial charge in [0, 0.05) is 11.8 Å². The zero-order valence-corrected chi connectivity index (χ0v) is 7.96. The van der Waals surface area contributed by atoms with Crippen molar-refractivity contribution in [3.8, 4) is 0 Å². The smallest absolute Gasteiger partial charge is 0.302 e. The number of hydrogen-bond acceptors (Lipinski definition) is 4. The van der Waals surface area contributed by atoms with Gasteiger partial charge >= 0.3 is 5.97 Å². The summed E-state index contributed by atoms with van der Waals surface area (Å²) < 4.78 is 4.98. The molecular formula is C8H13N3O3. The molecule has 0 saturated heterocycles. The van der Waals surface area contributed by atoms with Crippen molar-refractivity contribution in [2.24, 2.45) is 5.11 Å². The lowest BCUT2D eigenvalue weighted by molar-refractivity contribution is -0.149. The normalized spacial score (nSPS) is 31.7. The molecule has 78 valence electrons. The Kier molecular flexibility index (Phi) is 3.73. The van der Waals surface area contributed by atoms with Crippen LogP contribution < -0.4 is 0 Å². The lowest BCUT2D eigenvalue weighted by atomic mass is 9.91. The quantitative estimate of drug-likeness (QED) is 0.312. The number of aliphatic hydroxyl groups excluding tert-OH is 1. The average Bonchev–Trinajstić information content (AvgIpc) is 2.10. The first-order chi connectivity index (χ1) is 6.63. The number of hydrogen-bond donors (Lipinski definition) is 1. The van der Waals surface area contributed by atoms with Crippen molar-refractivity contribution in [3.05, 3.63) is 10.4 Å². The van der Waals surface area contributed by atoms with E-state index in [9.17, 15) is 9.90 Å². The molecule has 6 nitrogen and oxygen atoms in total. The molecule has 1 aliphatic carbocycles. The Balaban J connectivity index is 2.52. The molecule has 0 heterocycles. The Morgan fingerprint density at radius 3 is 2.93 bits per heavy atom. The van der Waals surface area contributed by atoms with Gasteiger partial charge in [-0.05, 0) is 24.8 Å². The maximum atomic E-state index is 10.7. The van der Waals surface area contributed by atoms with Crippen molar-refractivity contribution in [2.75, 3.05) is 0 Å². The molecular weight excluding hydrogens is 186 g/mol. The van der Waals surface area contributed by atoms with Crippen LogP contribution in [-0.4, -0.2) is 29.3 Å². The van der Waals surface area contributed by atoms with E-state index < -0.39 is 12.1 Å². The highest BCUT2D eigenvalue weighted by molar-refractivity contribution is 5.66. The molecule has 1 aliphatic rings.